The van der Waals surface area contributed by atoms with Crippen LogP contribution in [0.4, 0.5) is 10.1 Å². The van der Waals surface area contributed by atoms with Gasteiger partial charge in [-0.3, -0.25) is 4.79 Å². The molecule has 0 fully saturated rings. The number of rotatable bonds is 7. The fourth-order valence-electron chi connectivity index (χ4n) is 2.40. The van der Waals surface area contributed by atoms with E-state index in [9.17, 15) is 9.18 Å². The van der Waals surface area contributed by atoms with E-state index in [1.54, 1.807) is 17.0 Å². The Bertz CT molecular complexity index is 784. The molecular formula is C20H21FN2O2. The third-order valence-electron chi connectivity index (χ3n) is 3.96. The largest absolute Gasteiger partial charge is 0.490 e. The van der Waals surface area contributed by atoms with Crippen LogP contribution in [0.2, 0.25) is 0 Å². The third-order valence-corrected chi connectivity index (χ3v) is 3.96. The molecule has 2 aromatic rings. The first-order valence-corrected chi connectivity index (χ1v) is 8.15. The molecule has 0 saturated heterocycles. The SMILES string of the molecule is Cc1ccc(N(CCC#N)C(=O)CCOc2ccccc2F)cc1C. The second kappa shape index (κ2) is 8.84. The predicted molar refractivity (Wildman–Crippen MR) is 95.0 cm³/mol. The summed E-state index contributed by atoms with van der Waals surface area (Å²) in [5, 5.41) is 8.84. The maximum Gasteiger partial charge on any atom is 0.230 e. The Morgan fingerprint density at radius 2 is 1.96 bits per heavy atom. The lowest BCUT2D eigenvalue weighted by atomic mass is 10.1. The van der Waals surface area contributed by atoms with Crippen LogP contribution in [0, 0.1) is 31.0 Å². The number of hydrogen-bond acceptors (Lipinski definition) is 3. The lowest BCUT2D eigenvalue weighted by molar-refractivity contribution is -0.119. The fourth-order valence-corrected chi connectivity index (χ4v) is 2.40. The van der Waals surface area contributed by atoms with Crippen molar-refractivity contribution in [3.05, 3.63) is 59.4 Å². The van der Waals surface area contributed by atoms with E-state index >= 15 is 0 Å². The van der Waals surface area contributed by atoms with Gasteiger partial charge in [0.05, 0.1) is 25.5 Å². The second-order valence-corrected chi connectivity index (χ2v) is 5.75. The first-order chi connectivity index (χ1) is 12.0. The van der Waals surface area contributed by atoms with Crippen molar-refractivity contribution in [2.75, 3.05) is 18.1 Å². The van der Waals surface area contributed by atoms with Gasteiger partial charge in [0.1, 0.15) is 0 Å². The first-order valence-electron chi connectivity index (χ1n) is 8.15. The molecular weight excluding hydrogens is 319 g/mol. The van der Waals surface area contributed by atoms with Crippen LogP contribution in [0.1, 0.15) is 24.0 Å². The van der Waals surface area contributed by atoms with Crippen molar-refractivity contribution in [2.45, 2.75) is 26.7 Å². The number of para-hydroxylation sites is 1. The third kappa shape index (κ3) is 5.05. The zero-order valence-electron chi connectivity index (χ0n) is 14.5. The molecule has 0 heterocycles. The molecule has 0 aliphatic carbocycles. The summed E-state index contributed by atoms with van der Waals surface area (Å²) >= 11 is 0. The molecule has 2 rings (SSSR count). The molecule has 0 radical (unpaired) electrons. The molecule has 0 unspecified atom stereocenters. The maximum atomic E-state index is 13.5. The van der Waals surface area contributed by atoms with E-state index in [1.807, 2.05) is 32.0 Å². The van der Waals surface area contributed by atoms with Crippen LogP contribution in [0.15, 0.2) is 42.5 Å². The highest BCUT2D eigenvalue weighted by atomic mass is 19.1. The Hall–Kier alpha value is -2.87. The molecule has 0 saturated carbocycles. The first kappa shape index (κ1) is 18.5. The number of ether oxygens (including phenoxy) is 1. The van der Waals surface area contributed by atoms with Crippen molar-refractivity contribution in [3.8, 4) is 11.8 Å². The van der Waals surface area contributed by atoms with Gasteiger partial charge in [-0.15, -0.1) is 0 Å². The van der Waals surface area contributed by atoms with Gasteiger partial charge in [0, 0.05) is 12.2 Å². The number of benzene rings is 2. The summed E-state index contributed by atoms with van der Waals surface area (Å²) in [5.41, 5.74) is 2.98. The Morgan fingerprint density at radius 3 is 2.64 bits per heavy atom. The smallest absolute Gasteiger partial charge is 0.230 e. The minimum atomic E-state index is -0.453. The van der Waals surface area contributed by atoms with Crippen LogP contribution in [0.25, 0.3) is 0 Å². The molecule has 0 N–H and O–H groups in total. The molecule has 0 aliphatic rings. The van der Waals surface area contributed by atoms with Gasteiger partial charge >= 0.3 is 0 Å². The Labute approximate surface area is 147 Å². The lowest BCUT2D eigenvalue weighted by Crippen LogP contribution is -2.32. The molecule has 2 aromatic carbocycles. The average Bonchev–Trinajstić information content (AvgIpc) is 2.60. The van der Waals surface area contributed by atoms with E-state index in [4.69, 9.17) is 10.00 Å². The normalized spacial score (nSPS) is 10.2. The minimum absolute atomic E-state index is 0.0770. The van der Waals surface area contributed by atoms with Crippen molar-refractivity contribution in [1.29, 1.82) is 5.26 Å². The highest BCUT2D eigenvalue weighted by molar-refractivity contribution is 5.93. The van der Waals surface area contributed by atoms with Crippen LogP contribution < -0.4 is 9.64 Å². The molecule has 0 spiro atoms. The Morgan fingerprint density at radius 1 is 1.20 bits per heavy atom. The molecule has 1 amide bonds. The van der Waals surface area contributed by atoms with Crippen molar-refractivity contribution in [3.63, 3.8) is 0 Å². The Kier molecular flexibility index (Phi) is 6.53. The van der Waals surface area contributed by atoms with Gasteiger partial charge in [-0.25, -0.2) is 4.39 Å². The van der Waals surface area contributed by atoms with Crippen LogP contribution in [-0.4, -0.2) is 19.1 Å². The van der Waals surface area contributed by atoms with E-state index < -0.39 is 5.82 Å². The average molecular weight is 340 g/mol. The van der Waals surface area contributed by atoms with Crippen molar-refractivity contribution >= 4 is 11.6 Å². The van der Waals surface area contributed by atoms with Gasteiger partial charge in [0.25, 0.3) is 0 Å². The number of nitrogens with zero attached hydrogens (tertiary/aromatic N) is 2. The molecule has 25 heavy (non-hydrogen) atoms. The fraction of sp³-hybridized carbons (Fsp3) is 0.300. The monoisotopic (exact) mass is 340 g/mol. The number of carbonyl (C=O) groups is 1. The summed E-state index contributed by atoms with van der Waals surface area (Å²) < 4.78 is 18.9. The molecule has 130 valence electrons. The number of halogens is 1. The zero-order valence-corrected chi connectivity index (χ0v) is 14.5. The standard InChI is InChI=1S/C20H21FN2O2/c1-15-8-9-17(14-16(15)2)23(12-5-11-22)20(24)10-13-25-19-7-4-3-6-18(19)21/h3-4,6-9,14H,5,10,12-13H2,1-2H3. The van der Waals surface area contributed by atoms with Crippen LogP contribution in [0.3, 0.4) is 0 Å². The van der Waals surface area contributed by atoms with Crippen molar-refractivity contribution in [2.24, 2.45) is 0 Å². The number of amides is 1. The number of hydrogen-bond donors (Lipinski definition) is 0. The van der Waals surface area contributed by atoms with Gasteiger partial charge < -0.3 is 9.64 Å². The van der Waals surface area contributed by atoms with Gasteiger partial charge in [-0.1, -0.05) is 18.2 Å². The van der Waals surface area contributed by atoms with Gasteiger partial charge in [-0.2, -0.15) is 5.26 Å². The predicted octanol–water partition coefficient (Wildman–Crippen LogP) is 4.16. The van der Waals surface area contributed by atoms with Gasteiger partial charge in [0.15, 0.2) is 11.6 Å². The molecule has 0 aliphatic heterocycles. The summed E-state index contributed by atoms with van der Waals surface area (Å²) in [4.78, 5) is 14.1. The molecule has 0 aromatic heterocycles. The van der Waals surface area contributed by atoms with Crippen LogP contribution in [0.5, 0.6) is 5.75 Å². The van der Waals surface area contributed by atoms with E-state index in [0.717, 1.165) is 16.8 Å². The van der Waals surface area contributed by atoms with E-state index in [1.165, 1.54) is 12.1 Å². The Balaban J connectivity index is 2.04. The van der Waals surface area contributed by atoms with Crippen molar-refractivity contribution in [1.82, 2.24) is 0 Å². The molecule has 0 atom stereocenters. The van der Waals surface area contributed by atoms with Crippen LogP contribution in [-0.2, 0) is 4.79 Å². The summed E-state index contributed by atoms with van der Waals surface area (Å²) in [7, 11) is 0. The number of anilines is 1. The number of nitriles is 1. The summed E-state index contributed by atoms with van der Waals surface area (Å²) in [6.45, 7) is 4.38. The minimum Gasteiger partial charge on any atom is -0.490 e. The highest BCUT2D eigenvalue weighted by Gasteiger charge is 2.16. The van der Waals surface area contributed by atoms with Crippen LogP contribution >= 0.6 is 0 Å². The van der Waals surface area contributed by atoms with Gasteiger partial charge in [0.2, 0.25) is 5.91 Å². The quantitative estimate of drug-likeness (QED) is 0.760. The second-order valence-electron chi connectivity index (χ2n) is 5.75. The summed E-state index contributed by atoms with van der Waals surface area (Å²) in [5.74, 6) is -0.481. The van der Waals surface area contributed by atoms with E-state index in [-0.39, 0.29) is 31.1 Å². The topological polar surface area (TPSA) is 53.3 Å². The van der Waals surface area contributed by atoms with E-state index in [0.29, 0.717) is 6.54 Å². The van der Waals surface area contributed by atoms with Gasteiger partial charge in [-0.05, 0) is 49.2 Å². The van der Waals surface area contributed by atoms with E-state index in [2.05, 4.69) is 6.07 Å². The highest BCUT2D eigenvalue weighted by Crippen LogP contribution is 2.21. The lowest BCUT2D eigenvalue weighted by Gasteiger charge is -2.23. The molecule has 5 heteroatoms. The molecule has 0 bridgehead atoms. The maximum absolute atomic E-state index is 13.5. The zero-order chi connectivity index (χ0) is 18.2. The number of aryl methyl sites for hydroxylation is 2. The number of carbonyl (C=O) groups excluding carboxylic acids is 1. The van der Waals surface area contributed by atoms with Crippen molar-refractivity contribution < 1.29 is 13.9 Å². The summed E-state index contributed by atoms with van der Waals surface area (Å²) in [6.07, 6.45) is 0.347. The summed E-state index contributed by atoms with van der Waals surface area (Å²) in [6, 6.07) is 13.9. The molecule has 4 nitrogen and oxygen atoms in total.